The monoisotopic (exact) mass is 478 g/mol. The van der Waals surface area contributed by atoms with Gasteiger partial charge in [-0.15, -0.1) is 0 Å². The summed E-state index contributed by atoms with van der Waals surface area (Å²) in [5.74, 6) is 2.11. The van der Waals surface area contributed by atoms with Crippen LogP contribution < -0.4 is 5.32 Å². The number of anilines is 2. The van der Waals surface area contributed by atoms with Gasteiger partial charge in [-0.1, -0.05) is 52.5 Å². The van der Waals surface area contributed by atoms with Crippen molar-refractivity contribution >= 4 is 23.9 Å². The first-order chi connectivity index (χ1) is 16.2. The van der Waals surface area contributed by atoms with Crippen LogP contribution in [0.15, 0.2) is 64.8 Å². The lowest BCUT2D eigenvalue weighted by atomic mass is 9.86. The van der Waals surface area contributed by atoms with E-state index in [4.69, 9.17) is 17.2 Å². The Labute approximate surface area is 209 Å². The van der Waals surface area contributed by atoms with E-state index in [0.29, 0.717) is 12.5 Å². The highest BCUT2D eigenvalue weighted by atomic mass is 32.1. The Morgan fingerprint density at radius 2 is 2.12 bits per heavy atom. The quantitative estimate of drug-likeness (QED) is 0.270. The van der Waals surface area contributed by atoms with Gasteiger partial charge in [-0.25, -0.2) is 4.36 Å². The van der Waals surface area contributed by atoms with Crippen molar-refractivity contribution in [2.24, 2.45) is 9.78 Å². The SMILES string of the molecule is C=C(/C(=C\C=C/CC)OC1CCC(c2cc(Nc3ccc(C)c(CN=S)c3)n[nH]2)C1)C(C)(C)C. The first kappa shape index (κ1) is 25.9. The standard InChI is InChI=1S/C28H38N4OS/c1-7-8-9-10-26(20(3)28(4,5)6)33-24-14-12-21(16-24)25-17-27(32-31-25)30-23-13-11-19(2)22(15-23)18-29-34/h8-11,13,15,17,21,24H,3,7,12,14,16,18H2,1-2,4-6H3,(H2,30,31,32)/b9-8-,26-10+. The maximum Gasteiger partial charge on any atom is 0.152 e. The lowest BCUT2D eigenvalue weighted by molar-refractivity contribution is 0.121. The van der Waals surface area contributed by atoms with Gasteiger partial charge in [0.05, 0.1) is 12.6 Å². The predicted octanol–water partition coefficient (Wildman–Crippen LogP) is 7.80. The fourth-order valence-electron chi connectivity index (χ4n) is 4.13. The molecule has 0 bridgehead atoms. The van der Waals surface area contributed by atoms with Crippen molar-refractivity contribution in [3.05, 3.63) is 77.2 Å². The number of ether oxygens (including phenoxy) is 1. The van der Waals surface area contributed by atoms with E-state index < -0.39 is 0 Å². The second-order valence-electron chi connectivity index (χ2n) is 10.1. The molecular weight excluding hydrogens is 440 g/mol. The number of H-pyrrole nitrogens is 1. The first-order valence-electron chi connectivity index (χ1n) is 12.2. The number of aromatic nitrogens is 2. The summed E-state index contributed by atoms with van der Waals surface area (Å²) in [7, 11) is 0. The molecule has 5 nitrogen and oxygen atoms in total. The number of nitrogens with one attached hydrogen (secondary N) is 2. The first-order valence-corrected chi connectivity index (χ1v) is 12.5. The summed E-state index contributed by atoms with van der Waals surface area (Å²) in [6.45, 7) is 15.6. The van der Waals surface area contributed by atoms with Crippen molar-refractivity contribution in [1.29, 1.82) is 0 Å². The second kappa shape index (κ2) is 11.6. The lowest BCUT2D eigenvalue weighted by Crippen LogP contribution is -2.16. The highest BCUT2D eigenvalue weighted by molar-refractivity contribution is 7.47. The minimum Gasteiger partial charge on any atom is -0.490 e. The molecule has 2 N–H and O–H groups in total. The summed E-state index contributed by atoms with van der Waals surface area (Å²) < 4.78 is 10.3. The van der Waals surface area contributed by atoms with Gasteiger partial charge in [0.25, 0.3) is 0 Å². The van der Waals surface area contributed by atoms with E-state index in [1.54, 1.807) is 0 Å². The van der Waals surface area contributed by atoms with E-state index in [1.807, 2.05) is 0 Å². The van der Waals surface area contributed by atoms with Crippen molar-refractivity contribution in [3.63, 3.8) is 0 Å². The molecule has 0 amide bonds. The number of hydrogen-bond donors (Lipinski definition) is 2. The average molecular weight is 479 g/mol. The third-order valence-electron chi connectivity index (χ3n) is 6.39. The minimum atomic E-state index is -0.0386. The molecule has 3 rings (SSSR count). The topological polar surface area (TPSA) is 62.3 Å². The van der Waals surface area contributed by atoms with Crippen LogP contribution in [0.1, 0.15) is 76.1 Å². The van der Waals surface area contributed by atoms with Crippen LogP contribution in [0.2, 0.25) is 0 Å². The Hall–Kier alpha value is -2.73. The molecule has 1 aliphatic carbocycles. The van der Waals surface area contributed by atoms with Crippen molar-refractivity contribution in [2.75, 3.05) is 5.32 Å². The number of aromatic amines is 1. The van der Waals surface area contributed by atoms with Gasteiger partial charge in [0.1, 0.15) is 5.76 Å². The molecule has 2 unspecified atom stereocenters. The van der Waals surface area contributed by atoms with Crippen molar-refractivity contribution in [1.82, 2.24) is 10.2 Å². The van der Waals surface area contributed by atoms with Gasteiger partial charge in [0.15, 0.2) is 5.82 Å². The van der Waals surface area contributed by atoms with Gasteiger partial charge < -0.3 is 10.1 Å². The van der Waals surface area contributed by atoms with E-state index in [-0.39, 0.29) is 11.5 Å². The van der Waals surface area contributed by atoms with Crippen molar-refractivity contribution in [3.8, 4) is 0 Å². The Bertz CT molecular complexity index is 1060. The summed E-state index contributed by atoms with van der Waals surface area (Å²) >= 11 is 4.79. The van der Waals surface area contributed by atoms with Gasteiger partial charge in [0.2, 0.25) is 0 Å². The molecule has 1 heterocycles. The Kier molecular flexibility index (Phi) is 8.84. The van der Waals surface area contributed by atoms with Crippen LogP contribution in [0.25, 0.3) is 0 Å². The third-order valence-corrected chi connectivity index (χ3v) is 6.52. The Morgan fingerprint density at radius 1 is 1.32 bits per heavy atom. The Morgan fingerprint density at radius 3 is 2.82 bits per heavy atom. The minimum absolute atomic E-state index is 0.0386. The summed E-state index contributed by atoms with van der Waals surface area (Å²) in [6.07, 6.45) is 10.5. The normalized spacial score (nSPS) is 18.9. The third kappa shape index (κ3) is 6.89. The van der Waals surface area contributed by atoms with Crippen LogP contribution in [0.3, 0.4) is 0 Å². The molecule has 0 spiro atoms. The molecule has 182 valence electrons. The zero-order chi connectivity index (χ0) is 24.7. The second-order valence-corrected chi connectivity index (χ2v) is 10.4. The predicted molar refractivity (Wildman–Crippen MR) is 144 cm³/mol. The van der Waals surface area contributed by atoms with Gasteiger partial charge in [0, 0.05) is 35.8 Å². The van der Waals surface area contributed by atoms with E-state index in [1.165, 1.54) is 5.56 Å². The van der Waals surface area contributed by atoms with E-state index in [0.717, 1.165) is 59.8 Å². The van der Waals surface area contributed by atoms with Crippen LogP contribution in [-0.4, -0.2) is 16.3 Å². The molecule has 0 saturated heterocycles. The fraction of sp³-hybridized carbons (Fsp3) is 0.464. The highest BCUT2D eigenvalue weighted by Crippen LogP contribution is 2.39. The van der Waals surface area contributed by atoms with E-state index in [2.05, 4.69) is 104 Å². The molecule has 34 heavy (non-hydrogen) atoms. The number of rotatable bonds is 10. The maximum atomic E-state index is 6.49. The zero-order valence-corrected chi connectivity index (χ0v) is 22.0. The molecular formula is C28H38N4OS. The molecule has 1 saturated carbocycles. The largest absolute Gasteiger partial charge is 0.490 e. The number of aryl methyl sites for hydroxylation is 1. The molecule has 2 atom stereocenters. The zero-order valence-electron chi connectivity index (χ0n) is 21.1. The van der Waals surface area contributed by atoms with E-state index >= 15 is 0 Å². The molecule has 1 fully saturated rings. The summed E-state index contributed by atoms with van der Waals surface area (Å²) in [6, 6.07) is 8.33. The summed E-state index contributed by atoms with van der Waals surface area (Å²) in [5.41, 5.74) is 5.44. The summed E-state index contributed by atoms with van der Waals surface area (Å²) in [5, 5.41) is 11.1. The highest BCUT2D eigenvalue weighted by Gasteiger charge is 2.30. The van der Waals surface area contributed by atoms with Gasteiger partial charge in [-0.2, -0.15) is 5.10 Å². The van der Waals surface area contributed by atoms with Crippen LogP contribution >= 0.6 is 0 Å². The number of allylic oxidation sites excluding steroid dienone is 4. The Balaban J connectivity index is 1.65. The fourth-order valence-corrected chi connectivity index (χ4v) is 4.27. The van der Waals surface area contributed by atoms with Crippen LogP contribution in [0.5, 0.6) is 0 Å². The lowest BCUT2D eigenvalue weighted by Gasteiger charge is -2.26. The van der Waals surface area contributed by atoms with E-state index in [9.17, 15) is 0 Å². The smallest absolute Gasteiger partial charge is 0.152 e. The molecule has 6 heteroatoms. The van der Waals surface area contributed by atoms with Crippen molar-refractivity contribution < 1.29 is 4.74 Å². The molecule has 2 aromatic rings. The van der Waals surface area contributed by atoms with Crippen LogP contribution in [0, 0.1) is 12.3 Å². The molecule has 1 aromatic heterocycles. The average Bonchev–Trinajstić information content (AvgIpc) is 3.44. The molecule has 0 aliphatic heterocycles. The number of nitrogens with zero attached hydrogens (tertiary/aromatic N) is 2. The maximum absolute atomic E-state index is 6.49. The van der Waals surface area contributed by atoms with Gasteiger partial charge in [-0.05, 0) is 72.9 Å². The summed E-state index contributed by atoms with van der Waals surface area (Å²) in [4.78, 5) is 0. The molecule has 0 radical (unpaired) electrons. The van der Waals surface area contributed by atoms with Crippen LogP contribution in [-0.2, 0) is 23.7 Å². The van der Waals surface area contributed by atoms with Gasteiger partial charge in [-0.3, -0.25) is 5.10 Å². The van der Waals surface area contributed by atoms with Gasteiger partial charge >= 0.3 is 0 Å². The van der Waals surface area contributed by atoms with Crippen LogP contribution in [0.4, 0.5) is 11.5 Å². The number of benzene rings is 1. The van der Waals surface area contributed by atoms with Crippen molar-refractivity contribution in [2.45, 2.75) is 78.9 Å². The molecule has 1 aliphatic rings. The molecule has 1 aromatic carbocycles. The number of hydrogen-bond acceptors (Lipinski definition) is 5.